The van der Waals surface area contributed by atoms with Crippen LogP contribution >= 0.6 is 0 Å². The molecule has 1 saturated carbocycles. The maximum absolute atomic E-state index is 12.6. The fourth-order valence-electron chi connectivity index (χ4n) is 4.25. The molecule has 6 heteroatoms. The second-order valence-electron chi connectivity index (χ2n) is 8.64. The van der Waals surface area contributed by atoms with E-state index in [9.17, 15) is 9.59 Å². The van der Waals surface area contributed by atoms with Crippen molar-refractivity contribution >= 4 is 11.8 Å². The van der Waals surface area contributed by atoms with Crippen LogP contribution in [-0.2, 0) is 22.6 Å². The normalized spacial score (nSPS) is 21.7. The third-order valence-electron chi connectivity index (χ3n) is 5.74. The lowest BCUT2D eigenvalue weighted by Gasteiger charge is -2.35. The molecule has 1 atom stereocenters. The molecule has 1 aliphatic carbocycles. The molecule has 1 aliphatic heterocycles. The number of nitrogens with one attached hydrogen (secondary N) is 1. The summed E-state index contributed by atoms with van der Waals surface area (Å²) in [5, 5.41) is 7.01. The Bertz CT molecular complexity index is 634. The van der Waals surface area contributed by atoms with Gasteiger partial charge in [0.25, 0.3) is 0 Å². The zero-order valence-corrected chi connectivity index (χ0v) is 16.7. The Morgan fingerprint density at radius 2 is 2.07 bits per heavy atom. The Morgan fingerprint density at radius 3 is 2.81 bits per heavy atom. The third-order valence-corrected chi connectivity index (χ3v) is 5.74. The summed E-state index contributed by atoms with van der Waals surface area (Å²) in [5.74, 6) is 2.09. The van der Waals surface area contributed by atoms with E-state index in [4.69, 9.17) is 4.52 Å². The summed E-state index contributed by atoms with van der Waals surface area (Å²) in [4.78, 5) is 26.8. The summed E-state index contributed by atoms with van der Waals surface area (Å²) in [6.45, 7) is 6.03. The zero-order valence-electron chi connectivity index (χ0n) is 16.7. The zero-order chi connectivity index (χ0) is 19.2. The smallest absolute Gasteiger partial charge is 0.225 e. The second kappa shape index (κ2) is 9.38. The van der Waals surface area contributed by atoms with Crippen LogP contribution in [-0.4, -0.2) is 35.0 Å². The van der Waals surface area contributed by atoms with Crippen molar-refractivity contribution in [2.24, 2.45) is 17.8 Å². The van der Waals surface area contributed by atoms with Gasteiger partial charge in [0.1, 0.15) is 11.5 Å². The van der Waals surface area contributed by atoms with Gasteiger partial charge in [0, 0.05) is 32.0 Å². The molecule has 1 aromatic rings. The summed E-state index contributed by atoms with van der Waals surface area (Å²) < 4.78 is 5.31. The van der Waals surface area contributed by atoms with Crippen molar-refractivity contribution in [3.8, 4) is 0 Å². The highest BCUT2D eigenvalue weighted by atomic mass is 16.5. The van der Waals surface area contributed by atoms with Gasteiger partial charge in [-0.3, -0.25) is 9.59 Å². The van der Waals surface area contributed by atoms with Gasteiger partial charge in [-0.2, -0.15) is 0 Å². The summed E-state index contributed by atoms with van der Waals surface area (Å²) in [5.41, 5.74) is 0.755. The highest BCUT2D eigenvalue weighted by molar-refractivity contribution is 5.83. The first-order valence-corrected chi connectivity index (χ1v) is 10.5. The van der Waals surface area contributed by atoms with Gasteiger partial charge in [-0.05, 0) is 31.1 Å². The Labute approximate surface area is 162 Å². The number of carbonyl (C=O) groups is 2. The van der Waals surface area contributed by atoms with Crippen molar-refractivity contribution in [3.63, 3.8) is 0 Å². The molecule has 0 radical (unpaired) electrons. The number of amides is 2. The number of hydrogen-bond acceptors (Lipinski definition) is 4. The number of carbonyl (C=O) groups excluding carboxylic acids is 2. The molecule has 0 bridgehead atoms. The van der Waals surface area contributed by atoms with Crippen LogP contribution in [0.15, 0.2) is 10.6 Å². The van der Waals surface area contributed by atoms with E-state index in [1.54, 1.807) is 0 Å². The Kier molecular flexibility index (Phi) is 6.91. The number of piperidine rings is 1. The second-order valence-corrected chi connectivity index (χ2v) is 8.64. The van der Waals surface area contributed by atoms with Crippen LogP contribution in [0.5, 0.6) is 0 Å². The predicted molar refractivity (Wildman–Crippen MR) is 103 cm³/mol. The molecular weight excluding hydrogens is 342 g/mol. The lowest BCUT2D eigenvalue weighted by atomic mass is 9.87. The number of likely N-dealkylation sites (tertiary alicyclic amines) is 1. The molecule has 1 N–H and O–H groups in total. The monoisotopic (exact) mass is 375 g/mol. The van der Waals surface area contributed by atoms with E-state index in [0.29, 0.717) is 37.8 Å². The largest absolute Gasteiger partial charge is 0.361 e. The van der Waals surface area contributed by atoms with E-state index in [0.717, 1.165) is 24.4 Å². The van der Waals surface area contributed by atoms with Crippen molar-refractivity contribution in [1.29, 1.82) is 0 Å². The standard InChI is InChI=1S/C21H33N3O3/c1-15(2)10-19-11-18(23-27-19)12-22-21(26)17-8-9-20(25)24(14-17)13-16-6-4-3-5-7-16/h11,15-17H,3-10,12-14H2,1-2H3,(H,22,26)/t17-/m1/s1. The van der Waals surface area contributed by atoms with Crippen molar-refractivity contribution in [2.45, 2.75) is 71.8 Å². The topological polar surface area (TPSA) is 75.4 Å². The number of hydrogen-bond donors (Lipinski definition) is 1. The van der Waals surface area contributed by atoms with E-state index >= 15 is 0 Å². The quantitative estimate of drug-likeness (QED) is 0.793. The molecule has 0 spiro atoms. The van der Waals surface area contributed by atoms with E-state index in [-0.39, 0.29) is 17.7 Å². The number of nitrogens with zero attached hydrogens (tertiary/aromatic N) is 2. The molecule has 1 aromatic heterocycles. The Hall–Kier alpha value is -1.85. The van der Waals surface area contributed by atoms with E-state index < -0.39 is 0 Å². The molecule has 0 aromatic carbocycles. The number of aromatic nitrogens is 1. The van der Waals surface area contributed by atoms with Gasteiger partial charge in [0.05, 0.1) is 12.5 Å². The van der Waals surface area contributed by atoms with Crippen LogP contribution in [0.4, 0.5) is 0 Å². The first kappa shape index (κ1) is 19.9. The first-order valence-electron chi connectivity index (χ1n) is 10.5. The fourth-order valence-corrected chi connectivity index (χ4v) is 4.25. The first-order chi connectivity index (χ1) is 13.0. The summed E-state index contributed by atoms with van der Waals surface area (Å²) in [6.07, 6.45) is 8.26. The SMILES string of the molecule is CC(C)Cc1cc(CNC(=O)[C@@H]2CCC(=O)N(CC3CCCCC3)C2)no1. The molecule has 6 nitrogen and oxygen atoms in total. The van der Waals surface area contributed by atoms with E-state index in [1.165, 1.54) is 32.1 Å². The highest BCUT2D eigenvalue weighted by Crippen LogP contribution is 2.27. The van der Waals surface area contributed by atoms with Gasteiger partial charge < -0.3 is 14.7 Å². The Balaban J connectivity index is 1.47. The summed E-state index contributed by atoms with van der Waals surface area (Å²) >= 11 is 0. The van der Waals surface area contributed by atoms with E-state index in [2.05, 4.69) is 24.3 Å². The van der Waals surface area contributed by atoms with Crippen LogP contribution in [0.25, 0.3) is 0 Å². The lowest BCUT2D eigenvalue weighted by molar-refractivity contribution is -0.139. The molecule has 27 heavy (non-hydrogen) atoms. The van der Waals surface area contributed by atoms with Crippen LogP contribution in [0.2, 0.25) is 0 Å². The maximum atomic E-state index is 12.6. The molecule has 2 heterocycles. The third kappa shape index (κ3) is 5.81. The molecule has 2 fully saturated rings. The van der Waals surface area contributed by atoms with Crippen molar-refractivity contribution in [3.05, 3.63) is 17.5 Å². The average molecular weight is 376 g/mol. The molecule has 0 unspecified atom stereocenters. The van der Waals surface area contributed by atoms with Crippen LogP contribution < -0.4 is 5.32 Å². The van der Waals surface area contributed by atoms with Gasteiger partial charge in [-0.25, -0.2) is 0 Å². The lowest BCUT2D eigenvalue weighted by Crippen LogP contribution is -2.47. The molecule has 2 aliphatic rings. The summed E-state index contributed by atoms with van der Waals surface area (Å²) in [6, 6.07) is 1.92. The van der Waals surface area contributed by atoms with Crippen molar-refractivity contribution in [1.82, 2.24) is 15.4 Å². The molecule has 3 rings (SSSR count). The Morgan fingerprint density at radius 1 is 1.30 bits per heavy atom. The molecule has 2 amide bonds. The van der Waals surface area contributed by atoms with Crippen molar-refractivity contribution in [2.75, 3.05) is 13.1 Å². The maximum Gasteiger partial charge on any atom is 0.225 e. The minimum atomic E-state index is -0.117. The van der Waals surface area contributed by atoms with Gasteiger partial charge in [0.2, 0.25) is 11.8 Å². The van der Waals surface area contributed by atoms with Crippen molar-refractivity contribution < 1.29 is 14.1 Å². The minimum Gasteiger partial charge on any atom is -0.361 e. The van der Waals surface area contributed by atoms with Crippen LogP contribution in [0.1, 0.15) is 70.2 Å². The number of rotatable bonds is 7. The minimum absolute atomic E-state index is 0.0181. The molecule has 150 valence electrons. The highest BCUT2D eigenvalue weighted by Gasteiger charge is 2.31. The summed E-state index contributed by atoms with van der Waals surface area (Å²) in [7, 11) is 0. The van der Waals surface area contributed by atoms with Crippen LogP contribution in [0.3, 0.4) is 0 Å². The van der Waals surface area contributed by atoms with E-state index in [1.807, 2.05) is 11.0 Å². The van der Waals surface area contributed by atoms with Gasteiger partial charge in [-0.1, -0.05) is 38.3 Å². The molecular formula is C21H33N3O3. The predicted octanol–water partition coefficient (Wildman–Crippen LogP) is 3.31. The molecule has 1 saturated heterocycles. The van der Waals surface area contributed by atoms with Gasteiger partial charge in [0.15, 0.2) is 0 Å². The van der Waals surface area contributed by atoms with Gasteiger partial charge >= 0.3 is 0 Å². The van der Waals surface area contributed by atoms with Gasteiger partial charge in [-0.15, -0.1) is 0 Å². The van der Waals surface area contributed by atoms with Crippen LogP contribution in [0, 0.1) is 17.8 Å². The fraction of sp³-hybridized carbons (Fsp3) is 0.762. The average Bonchev–Trinajstić information content (AvgIpc) is 3.09.